The van der Waals surface area contributed by atoms with E-state index in [0.29, 0.717) is 22.2 Å². The van der Waals surface area contributed by atoms with Crippen LogP contribution in [-0.4, -0.2) is 27.0 Å². The van der Waals surface area contributed by atoms with Crippen molar-refractivity contribution in [1.29, 1.82) is 0 Å². The average Bonchev–Trinajstić information content (AvgIpc) is 3.39. The van der Waals surface area contributed by atoms with Crippen molar-refractivity contribution in [3.63, 3.8) is 0 Å². The Bertz CT molecular complexity index is 1390. The van der Waals surface area contributed by atoms with Crippen molar-refractivity contribution in [2.24, 2.45) is 5.73 Å². The molecule has 0 atom stereocenters. The van der Waals surface area contributed by atoms with Gasteiger partial charge in [-0.15, -0.1) is 11.3 Å². The molecule has 1 aliphatic rings. The van der Waals surface area contributed by atoms with Gasteiger partial charge in [-0.3, -0.25) is 14.7 Å². The molecule has 7 nitrogen and oxygen atoms in total. The summed E-state index contributed by atoms with van der Waals surface area (Å²) in [4.78, 5) is 29.3. The third kappa shape index (κ3) is 3.95. The number of fused-ring (bicyclic) bond motifs is 1. The minimum Gasteiger partial charge on any atom is -0.365 e. The lowest BCUT2D eigenvalue weighted by Crippen LogP contribution is -2.17. The summed E-state index contributed by atoms with van der Waals surface area (Å²) in [5, 5.41) is 9.84. The van der Waals surface area contributed by atoms with Crippen LogP contribution < -0.4 is 11.1 Å². The molecule has 0 bridgehead atoms. The van der Waals surface area contributed by atoms with Gasteiger partial charge in [-0.05, 0) is 60.7 Å². The number of hydrogen-bond donors (Lipinski definition) is 3. The van der Waals surface area contributed by atoms with Crippen LogP contribution in [0.15, 0.2) is 36.4 Å². The molecule has 0 unspecified atom stereocenters. The van der Waals surface area contributed by atoms with E-state index >= 15 is 0 Å². The summed E-state index contributed by atoms with van der Waals surface area (Å²) in [6.45, 7) is 0. The van der Waals surface area contributed by atoms with E-state index in [2.05, 4.69) is 20.5 Å². The molecule has 1 fully saturated rings. The van der Waals surface area contributed by atoms with Gasteiger partial charge >= 0.3 is 0 Å². The number of rotatable bonds is 6. The van der Waals surface area contributed by atoms with Gasteiger partial charge in [-0.1, -0.05) is 0 Å². The SMILES string of the molecule is NC(=O)c1sc2nc(C(F)F)cc(C3CC3)c2c1NC(=O)c1cc(-c2ccc(F)cc2)n[nH]1. The van der Waals surface area contributed by atoms with E-state index < -0.39 is 24.1 Å². The largest absolute Gasteiger partial charge is 0.365 e. The first-order valence-corrected chi connectivity index (χ1v) is 10.8. The van der Waals surface area contributed by atoms with Gasteiger partial charge < -0.3 is 11.1 Å². The number of anilines is 1. The van der Waals surface area contributed by atoms with Crippen LogP contribution in [-0.2, 0) is 0 Å². The minimum atomic E-state index is -2.76. The molecule has 0 saturated heterocycles. The lowest BCUT2D eigenvalue weighted by molar-refractivity contribution is 0.100. The maximum atomic E-state index is 13.4. The Morgan fingerprint density at radius 2 is 1.91 bits per heavy atom. The standard InChI is InChI=1S/C22H16F3N5O2S/c23-11-5-3-10(4-6-11)13-8-15(30-29-13)21(32)28-17-16-12(9-1-2-9)7-14(19(24)25)27-22(16)33-18(17)20(26)31/h3-9,19H,1-2H2,(H2,26,31)(H,28,32)(H,29,30). The van der Waals surface area contributed by atoms with E-state index in [1.54, 1.807) is 0 Å². The fourth-order valence-corrected chi connectivity index (χ4v) is 4.68. The van der Waals surface area contributed by atoms with Gasteiger partial charge in [0.25, 0.3) is 18.2 Å². The zero-order chi connectivity index (χ0) is 23.3. The quantitative estimate of drug-likeness (QED) is 0.368. The number of carbonyl (C=O) groups is 2. The molecule has 4 aromatic rings. The number of pyridine rings is 1. The molecule has 1 saturated carbocycles. The second-order valence-electron chi connectivity index (χ2n) is 7.69. The molecule has 2 amide bonds. The topological polar surface area (TPSA) is 114 Å². The summed E-state index contributed by atoms with van der Waals surface area (Å²) < 4.78 is 39.9. The van der Waals surface area contributed by atoms with Crippen LogP contribution in [0.4, 0.5) is 18.9 Å². The lowest BCUT2D eigenvalue weighted by Gasteiger charge is -2.09. The predicted molar refractivity (Wildman–Crippen MR) is 117 cm³/mol. The lowest BCUT2D eigenvalue weighted by atomic mass is 10.0. The first kappa shape index (κ1) is 21.1. The molecular weight excluding hydrogens is 455 g/mol. The summed E-state index contributed by atoms with van der Waals surface area (Å²) in [6, 6.07) is 8.43. The molecule has 1 aliphatic carbocycles. The van der Waals surface area contributed by atoms with Gasteiger partial charge in [0.2, 0.25) is 0 Å². The zero-order valence-corrected chi connectivity index (χ0v) is 17.7. The second kappa shape index (κ2) is 8.00. The Labute approximate surface area is 188 Å². The van der Waals surface area contributed by atoms with E-state index in [-0.39, 0.29) is 32.7 Å². The smallest absolute Gasteiger partial charge is 0.280 e. The van der Waals surface area contributed by atoms with Gasteiger partial charge in [-0.25, -0.2) is 18.2 Å². The number of amides is 2. The summed E-state index contributed by atoms with van der Waals surface area (Å²) in [6.07, 6.45) is -1.13. The van der Waals surface area contributed by atoms with Crippen molar-refractivity contribution in [2.45, 2.75) is 25.2 Å². The fraction of sp³-hybridized carbons (Fsp3) is 0.182. The monoisotopic (exact) mass is 471 g/mol. The Morgan fingerprint density at radius 1 is 1.18 bits per heavy atom. The van der Waals surface area contributed by atoms with Gasteiger partial charge in [0.05, 0.1) is 11.4 Å². The van der Waals surface area contributed by atoms with Gasteiger partial charge in [0.1, 0.15) is 26.9 Å². The van der Waals surface area contributed by atoms with Crippen LogP contribution in [0.3, 0.4) is 0 Å². The van der Waals surface area contributed by atoms with Crippen molar-refractivity contribution in [3.8, 4) is 11.3 Å². The maximum absolute atomic E-state index is 13.4. The molecular formula is C22H16F3N5O2S. The molecule has 1 aromatic carbocycles. The summed E-state index contributed by atoms with van der Waals surface area (Å²) in [5.41, 5.74) is 7.03. The molecule has 33 heavy (non-hydrogen) atoms. The van der Waals surface area contributed by atoms with E-state index in [1.807, 2.05) is 0 Å². The van der Waals surface area contributed by atoms with Crippen molar-refractivity contribution >= 4 is 39.1 Å². The molecule has 168 valence electrons. The first-order valence-electron chi connectivity index (χ1n) is 9.99. The number of halogens is 3. The number of H-pyrrole nitrogens is 1. The normalized spacial score (nSPS) is 13.6. The Morgan fingerprint density at radius 3 is 2.55 bits per heavy atom. The third-order valence-electron chi connectivity index (χ3n) is 5.38. The van der Waals surface area contributed by atoms with Crippen LogP contribution in [0.1, 0.15) is 56.6 Å². The number of thiophene rings is 1. The molecule has 3 aromatic heterocycles. The van der Waals surface area contributed by atoms with Gasteiger partial charge in [-0.2, -0.15) is 5.10 Å². The van der Waals surface area contributed by atoms with Crippen LogP contribution in [0.2, 0.25) is 0 Å². The molecule has 0 aliphatic heterocycles. The predicted octanol–water partition coefficient (Wildman–Crippen LogP) is 4.99. The number of hydrogen-bond acceptors (Lipinski definition) is 5. The van der Waals surface area contributed by atoms with Crippen molar-refractivity contribution < 1.29 is 22.8 Å². The highest BCUT2D eigenvalue weighted by atomic mass is 32.1. The summed E-state index contributed by atoms with van der Waals surface area (Å²) in [7, 11) is 0. The van der Waals surface area contributed by atoms with Crippen LogP contribution >= 0.6 is 11.3 Å². The van der Waals surface area contributed by atoms with E-state index in [0.717, 1.165) is 24.2 Å². The van der Waals surface area contributed by atoms with Gasteiger partial charge in [0.15, 0.2) is 0 Å². The number of primary amides is 1. The summed E-state index contributed by atoms with van der Waals surface area (Å²) >= 11 is 0.868. The molecule has 5 rings (SSSR count). The molecule has 4 N–H and O–H groups in total. The number of aromatic amines is 1. The number of carbonyl (C=O) groups excluding carboxylic acids is 2. The molecule has 0 radical (unpaired) electrons. The summed E-state index contributed by atoms with van der Waals surface area (Å²) in [5.74, 6) is -1.75. The van der Waals surface area contributed by atoms with Crippen LogP contribution in [0, 0.1) is 5.82 Å². The highest BCUT2D eigenvalue weighted by Crippen LogP contribution is 2.48. The Kier molecular flexibility index (Phi) is 5.12. The fourth-order valence-electron chi connectivity index (χ4n) is 3.66. The van der Waals surface area contributed by atoms with Crippen molar-refractivity contribution in [2.75, 3.05) is 5.32 Å². The number of aromatic nitrogens is 3. The van der Waals surface area contributed by atoms with Crippen molar-refractivity contribution in [3.05, 3.63) is 64.0 Å². The minimum absolute atomic E-state index is 0.0254. The highest BCUT2D eigenvalue weighted by Gasteiger charge is 2.32. The number of alkyl halides is 2. The maximum Gasteiger partial charge on any atom is 0.280 e. The Balaban J connectivity index is 1.54. The first-order chi connectivity index (χ1) is 15.8. The molecule has 0 spiro atoms. The van der Waals surface area contributed by atoms with Crippen LogP contribution in [0.25, 0.3) is 21.5 Å². The van der Waals surface area contributed by atoms with Gasteiger partial charge in [0, 0.05) is 10.9 Å². The highest BCUT2D eigenvalue weighted by molar-refractivity contribution is 7.21. The number of nitrogens with two attached hydrogens (primary N) is 1. The molecule has 3 heterocycles. The van der Waals surface area contributed by atoms with Crippen LogP contribution in [0.5, 0.6) is 0 Å². The second-order valence-corrected chi connectivity index (χ2v) is 8.69. The molecule has 11 heteroatoms. The zero-order valence-electron chi connectivity index (χ0n) is 16.9. The third-order valence-corrected chi connectivity index (χ3v) is 6.48. The van der Waals surface area contributed by atoms with E-state index in [9.17, 15) is 22.8 Å². The van der Waals surface area contributed by atoms with E-state index in [4.69, 9.17) is 5.73 Å². The number of nitrogens with zero attached hydrogens (tertiary/aromatic N) is 2. The van der Waals surface area contributed by atoms with Crippen molar-refractivity contribution in [1.82, 2.24) is 15.2 Å². The average molecular weight is 471 g/mol. The number of benzene rings is 1. The van der Waals surface area contributed by atoms with E-state index in [1.165, 1.54) is 36.4 Å². The number of nitrogens with one attached hydrogen (secondary N) is 2. The Hall–Kier alpha value is -3.73.